The smallest absolute Gasteiger partial charge is 0.123 e. The summed E-state index contributed by atoms with van der Waals surface area (Å²) in [6.07, 6.45) is 2.53. The van der Waals surface area contributed by atoms with Crippen molar-refractivity contribution < 1.29 is 9.50 Å². The van der Waals surface area contributed by atoms with Gasteiger partial charge in [-0.15, -0.1) is 0 Å². The third-order valence-corrected chi connectivity index (χ3v) is 2.89. The maximum absolute atomic E-state index is 13.3. The number of aryl methyl sites for hydroxylation is 1. The van der Waals surface area contributed by atoms with Crippen molar-refractivity contribution >= 4 is 10.9 Å². The van der Waals surface area contributed by atoms with Crippen molar-refractivity contribution in [2.45, 2.75) is 39.3 Å². The second kappa shape index (κ2) is 4.15. The van der Waals surface area contributed by atoms with Crippen molar-refractivity contribution in [3.05, 3.63) is 35.8 Å². The van der Waals surface area contributed by atoms with Gasteiger partial charge in [0, 0.05) is 30.1 Å². The van der Waals surface area contributed by atoms with Gasteiger partial charge in [-0.3, -0.25) is 0 Å². The zero-order chi connectivity index (χ0) is 12.6. The molecule has 0 fully saturated rings. The first-order chi connectivity index (χ1) is 7.90. The van der Waals surface area contributed by atoms with Crippen LogP contribution in [-0.4, -0.2) is 15.3 Å². The number of aliphatic hydroxyl groups is 1. The molecule has 1 heterocycles. The maximum atomic E-state index is 13.3. The number of aromatic nitrogens is 1. The second-order valence-corrected chi connectivity index (χ2v) is 5.09. The lowest BCUT2D eigenvalue weighted by Gasteiger charge is -2.16. The molecule has 2 aromatic rings. The SMILES string of the molecule is CCn1cc(CC(C)(C)O)c2cc(F)ccc21. The molecule has 1 N–H and O–H groups in total. The zero-order valence-corrected chi connectivity index (χ0v) is 10.5. The van der Waals surface area contributed by atoms with E-state index in [0.29, 0.717) is 6.42 Å². The van der Waals surface area contributed by atoms with Crippen LogP contribution in [0.2, 0.25) is 0 Å². The molecule has 0 saturated heterocycles. The highest BCUT2D eigenvalue weighted by molar-refractivity contribution is 5.84. The van der Waals surface area contributed by atoms with Gasteiger partial charge in [0.1, 0.15) is 5.82 Å². The van der Waals surface area contributed by atoms with E-state index in [9.17, 15) is 9.50 Å². The Hall–Kier alpha value is -1.35. The highest BCUT2D eigenvalue weighted by Crippen LogP contribution is 2.25. The predicted octanol–water partition coefficient (Wildman–Crippen LogP) is 3.11. The lowest BCUT2D eigenvalue weighted by molar-refractivity contribution is 0.0813. The largest absolute Gasteiger partial charge is 0.390 e. The molecule has 2 rings (SSSR count). The quantitative estimate of drug-likeness (QED) is 0.868. The Balaban J connectivity index is 2.58. The van der Waals surface area contributed by atoms with E-state index in [2.05, 4.69) is 11.5 Å². The van der Waals surface area contributed by atoms with Crippen LogP contribution in [0.5, 0.6) is 0 Å². The first-order valence-electron chi connectivity index (χ1n) is 5.90. The van der Waals surface area contributed by atoms with Gasteiger partial charge in [0.2, 0.25) is 0 Å². The molecular formula is C14H18FNO. The molecule has 3 heteroatoms. The number of halogens is 1. The third kappa shape index (κ3) is 2.50. The van der Waals surface area contributed by atoms with E-state index >= 15 is 0 Å². The lowest BCUT2D eigenvalue weighted by Crippen LogP contribution is -2.21. The van der Waals surface area contributed by atoms with Gasteiger partial charge in [-0.1, -0.05) is 0 Å². The van der Waals surface area contributed by atoms with Crippen molar-refractivity contribution in [1.29, 1.82) is 0 Å². The summed E-state index contributed by atoms with van der Waals surface area (Å²) in [5, 5.41) is 10.8. The number of hydrogen-bond donors (Lipinski definition) is 1. The van der Waals surface area contributed by atoms with Gasteiger partial charge in [-0.2, -0.15) is 0 Å². The summed E-state index contributed by atoms with van der Waals surface area (Å²) >= 11 is 0. The predicted molar refractivity (Wildman–Crippen MR) is 67.6 cm³/mol. The topological polar surface area (TPSA) is 25.2 Å². The normalized spacial score (nSPS) is 12.3. The highest BCUT2D eigenvalue weighted by Gasteiger charge is 2.17. The van der Waals surface area contributed by atoms with E-state index < -0.39 is 5.60 Å². The number of hydrogen-bond acceptors (Lipinski definition) is 1. The summed E-state index contributed by atoms with van der Waals surface area (Å²) < 4.78 is 15.4. The Bertz CT molecular complexity index is 537. The summed E-state index contributed by atoms with van der Waals surface area (Å²) in [6.45, 7) is 6.42. The van der Waals surface area contributed by atoms with Crippen LogP contribution in [0.1, 0.15) is 26.3 Å². The summed E-state index contributed by atoms with van der Waals surface area (Å²) in [5.41, 5.74) is 1.24. The first kappa shape index (κ1) is 12.1. The molecule has 0 amide bonds. The van der Waals surface area contributed by atoms with Crippen LogP contribution in [0.4, 0.5) is 4.39 Å². The fourth-order valence-corrected chi connectivity index (χ4v) is 2.21. The zero-order valence-electron chi connectivity index (χ0n) is 10.5. The fourth-order valence-electron chi connectivity index (χ4n) is 2.21. The Morgan fingerprint density at radius 2 is 2.06 bits per heavy atom. The number of fused-ring (bicyclic) bond motifs is 1. The molecule has 17 heavy (non-hydrogen) atoms. The van der Waals surface area contributed by atoms with Crippen LogP contribution >= 0.6 is 0 Å². The van der Waals surface area contributed by atoms with Crippen LogP contribution < -0.4 is 0 Å². The van der Waals surface area contributed by atoms with Gasteiger partial charge in [0.15, 0.2) is 0 Å². The van der Waals surface area contributed by atoms with E-state index in [4.69, 9.17) is 0 Å². The molecule has 0 unspecified atom stereocenters. The van der Waals surface area contributed by atoms with Crippen molar-refractivity contribution in [1.82, 2.24) is 4.57 Å². The van der Waals surface area contributed by atoms with E-state index in [1.54, 1.807) is 26.0 Å². The van der Waals surface area contributed by atoms with Gasteiger partial charge in [-0.25, -0.2) is 4.39 Å². The second-order valence-electron chi connectivity index (χ2n) is 5.09. The van der Waals surface area contributed by atoms with E-state index in [0.717, 1.165) is 23.0 Å². The molecule has 2 nitrogen and oxygen atoms in total. The van der Waals surface area contributed by atoms with Crippen molar-refractivity contribution in [2.75, 3.05) is 0 Å². The summed E-state index contributed by atoms with van der Waals surface area (Å²) in [5.74, 6) is -0.233. The molecular weight excluding hydrogens is 217 g/mol. The number of benzene rings is 1. The standard InChI is InChI=1S/C14H18FNO/c1-4-16-9-10(8-14(2,3)17)12-7-11(15)5-6-13(12)16/h5-7,9,17H,4,8H2,1-3H3. The molecule has 0 spiro atoms. The van der Waals surface area contributed by atoms with Crippen molar-refractivity contribution in [3.8, 4) is 0 Å². The molecule has 0 aliphatic heterocycles. The average Bonchev–Trinajstić information content (AvgIpc) is 2.54. The Morgan fingerprint density at radius 1 is 1.35 bits per heavy atom. The van der Waals surface area contributed by atoms with Crippen LogP contribution in [-0.2, 0) is 13.0 Å². The maximum Gasteiger partial charge on any atom is 0.123 e. The molecule has 1 aromatic carbocycles. The molecule has 0 saturated carbocycles. The number of nitrogens with zero attached hydrogens (tertiary/aromatic N) is 1. The Morgan fingerprint density at radius 3 is 2.65 bits per heavy atom. The molecule has 0 aliphatic rings. The first-order valence-corrected chi connectivity index (χ1v) is 5.90. The molecule has 1 aromatic heterocycles. The van der Waals surface area contributed by atoms with Gasteiger partial charge in [0.05, 0.1) is 5.60 Å². The fraction of sp³-hybridized carbons (Fsp3) is 0.429. The number of rotatable bonds is 3. The highest BCUT2D eigenvalue weighted by atomic mass is 19.1. The lowest BCUT2D eigenvalue weighted by atomic mass is 9.98. The average molecular weight is 235 g/mol. The molecule has 0 aliphatic carbocycles. The van der Waals surface area contributed by atoms with Gasteiger partial charge in [0.25, 0.3) is 0 Å². The molecule has 92 valence electrons. The van der Waals surface area contributed by atoms with E-state index in [-0.39, 0.29) is 5.82 Å². The summed E-state index contributed by atoms with van der Waals surface area (Å²) in [7, 11) is 0. The summed E-state index contributed by atoms with van der Waals surface area (Å²) in [6, 6.07) is 4.81. The molecule has 0 atom stereocenters. The monoisotopic (exact) mass is 235 g/mol. The Kier molecular flexibility index (Phi) is 2.96. The molecule has 0 radical (unpaired) electrons. The van der Waals surface area contributed by atoms with Gasteiger partial charge >= 0.3 is 0 Å². The minimum absolute atomic E-state index is 0.233. The minimum atomic E-state index is -0.779. The van der Waals surface area contributed by atoms with Crippen molar-refractivity contribution in [2.24, 2.45) is 0 Å². The van der Waals surface area contributed by atoms with Crippen LogP contribution in [0.15, 0.2) is 24.4 Å². The van der Waals surface area contributed by atoms with E-state index in [1.165, 1.54) is 6.07 Å². The van der Waals surface area contributed by atoms with E-state index in [1.807, 2.05) is 6.20 Å². The minimum Gasteiger partial charge on any atom is -0.390 e. The van der Waals surface area contributed by atoms with Crippen LogP contribution in [0.25, 0.3) is 10.9 Å². The summed E-state index contributed by atoms with van der Waals surface area (Å²) in [4.78, 5) is 0. The third-order valence-electron chi connectivity index (χ3n) is 2.89. The van der Waals surface area contributed by atoms with Crippen LogP contribution in [0, 0.1) is 5.82 Å². The van der Waals surface area contributed by atoms with Crippen LogP contribution in [0.3, 0.4) is 0 Å². The molecule has 0 bridgehead atoms. The van der Waals surface area contributed by atoms with Gasteiger partial charge in [-0.05, 0) is 44.5 Å². The van der Waals surface area contributed by atoms with Crippen molar-refractivity contribution in [3.63, 3.8) is 0 Å². The Labute approximate surface area is 101 Å². The van der Waals surface area contributed by atoms with Gasteiger partial charge < -0.3 is 9.67 Å².